The fraction of sp³-hybridized carbons (Fsp3) is 0.304. The van der Waals surface area contributed by atoms with Crippen molar-refractivity contribution in [2.45, 2.75) is 44.8 Å². The van der Waals surface area contributed by atoms with Gasteiger partial charge < -0.3 is 14.7 Å². The third-order valence-electron chi connectivity index (χ3n) is 5.90. The molecule has 29 heavy (non-hydrogen) atoms. The molecule has 0 radical (unpaired) electrons. The maximum Gasteiger partial charge on any atom is 0.137 e. The monoisotopic (exact) mass is 390 g/mol. The Balaban J connectivity index is 1.80. The van der Waals surface area contributed by atoms with Crippen molar-refractivity contribution in [2.75, 3.05) is 0 Å². The van der Waals surface area contributed by atoms with Gasteiger partial charge in [0.25, 0.3) is 0 Å². The van der Waals surface area contributed by atoms with Crippen LogP contribution in [0.1, 0.15) is 44.0 Å². The molecule has 3 aromatic heterocycles. The van der Waals surface area contributed by atoms with Gasteiger partial charge in [0.05, 0.1) is 11.4 Å². The zero-order chi connectivity index (χ0) is 19.8. The fourth-order valence-corrected chi connectivity index (χ4v) is 4.56. The number of fused-ring (bicyclic) bond motifs is 1. The summed E-state index contributed by atoms with van der Waals surface area (Å²) in [5, 5.41) is 11.1. The molecule has 1 fully saturated rings. The molecule has 6 heteroatoms. The number of pyridine rings is 1. The number of rotatable bonds is 4. The van der Waals surface area contributed by atoms with Crippen molar-refractivity contribution in [3.8, 4) is 22.5 Å². The number of imidazole rings is 1. The lowest BCUT2D eigenvalue weighted by atomic mass is 9.94. The molecule has 148 valence electrons. The molecule has 4 aromatic rings. The van der Waals surface area contributed by atoms with E-state index in [1.807, 2.05) is 18.3 Å². The molecule has 0 aliphatic heterocycles. The number of benzene rings is 1. The number of aliphatic hydroxyl groups excluding tert-OH is 1. The molecular formula is C23H23FN4O. The van der Waals surface area contributed by atoms with Gasteiger partial charge in [0.2, 0.25) is 0 Å². The first kappa shape index (κ1) is 18.1. The van der Waals surface area contributed by atoms with Gasteiger partial charge in [-0.3, -0.25) is 0 Å². The van der Waals surface area contributed by atoms with Crippen molar-refractivity contribution in [2.24, 2.45) is 0 Å². The highest BCUT2D eigenvalue weighted by Gasteiger charge is 2.27. The molecule has 0 saturated heterocycles. The number of hydrogen-bond donors (Lipinski definition) is 2. The third-order valence-corrected chi connectivity index (χ3v) is 5.90. The van der Waals surface area contributed by atoms with Gasteiger partial charge in [-0.05, 0) is 49.2 Å². The van der Waals surface area contributed by atoms with E-state index in [1.54, 1.807) is 18.3 Å². The van der Waals surface area contributed by atoms with E-state index in [1.165, 1.54) is 31.4 Å². The first-order chi connectivity index (χ1) is 14.3. The van der Waals surface area contributed by atoms with Crippen LogP contribution in [0.3, 0.4) is 0 Å². The van der Waals surface area contributed by atoms with Crippen molar-refractivity contribution in [1.29, 1.82) is 0 Å². The molecule has 1 aliphatic rings. The minimum absolute atomic E-state index is 0.133. The van der Waals surface area contributed by atoms with Gasteiger partial charge in [-0.15, -0.1) is 0 Å². The van der Waals surface area contributed by atoms with Crippen LogP contribution in [-0.4, -0.2) is 24.6 Å². The van der Waals surface area contributed by atoms with Gasteiger partial charge in [-0.25, -0.2) is 14.4 Å². The molecule has 0 unspecified atom stereocenters. The van der Waals surface area contributed by atoms with Gasteiger partial charge in [0, 0.05) is 34.9 Å². The van der Waals surface area contributed by atoms with Gasteiger partial charge in [0.15, 0.2) is 0 Å². The highest BCUT2D eigenvalue weighted by Crippen LogP contribution is 2.41. The Hall–Kier alpha value is -2.99. The lowest BCUT2D eigenvalue weighted by Crippen LogP contribution is -2.16. The van der Waals surface area contributed by atoms with Crippen molar-refractivity contribution in [3.63, 3.8) is 0 Å². The summed E-state index contributed by atoms with van der Waals surface area (Å²) in [4.78, 5) is 12.4. The minimum Gasteiger partial charge on any atom is -0.388 e. The SMILES string of the molecule is OCc1nc(-c2ccc(F)cc2)c(-c2ccnc3[nH]ccc23)n1C1CCCCC1. The highest BCUT2D eigenvalue weighted by atomic mass is 19.1. The largest absolute Gasteiger partial charge is 0.388 e. The number of nitrogens with one attached hydrogen (secondary N) is 1. The van der Waals surface area contributed by atoms with Crippen LogP contribution in [0.25, 0.3) is 33.5 Å². The molecule has 0 atom stereocenters. The molecule has 1 aromatic carbocycles. The Bertz CT molecular complexity index is 1140. The van der Waals surface area contributed by atoms with E-state index in [-0.39, 0.29) is 12.4 Å². The van der Waals surface area contributed by atoms with Crippen LogP contribution in [0, 0.1) is 5.82 Å². The summed E-state index contributed by atoms with van der Waals surface area (Å²) in [6, 6.07) is 10.7. The second kappa shape index (κ2) is 7.44. The number of halogens is 1. The van der Waals surface area contributed by atoms with Crippen LogP contribution < -0.4 is 0 Å². The summed E-state index contributed by atoms with van der Waals surface area (Å²) in [6.07, 6.45) is 9.41. The Kier molecular flexibility index (Phi) is 4.64. The lowest BCUT2D eigenvalue weighted by Gasteiger charge is -2.27. The van der Waals surface area contributed by atoms with E-state index in [0.717, 1.165) is 46.4 Å². The van der Waals surface area contributed by atoms with E-state index in [9.17, 15) is 9.50 Å². The maximum atomic E-state index is 13.6. The molecule has 2 N–H and O–H groups in total. The highest BCUT2D eigenvalue weighted by molar-refractivity contribution is 5.96. The first-order valence-electron chi connectivity index (χ1n) is 10.2. The Morgan fingerprint density at radius 3 is 2.62 bits per heavy atom. The molecule has 1 aliphatic carbocycles. The quantitative estimate of drug-likeness (QED) is 0.501. The molecule has 0 spiro atoms. The summed E-state index contributed by atoms with van der Waals surface area (Å²) < 4.78 is 15.8. The molecular weight excluding hydrogens is 367 g/mol. The molecule has 5 nitrogen and oxygen atoms in total. The number of aromatic nitrogens is 4. The molecule has 3 heterocycles. The topological polar surface area (TPSA) is 66.7 Å². The zero-order valence-electron chi connectivity index (χ0n) is 16.1. The van der Waals surface area contributed by atoms with E-state index in [2.05, 4.69) is 14.5 Å². The van der Waals surface area contributed by atoms with Gasteiger partial charge in [-0.1, -0.05) is 19.3 Å². The average Bonchev–Trinajstić information content (AvgIpc) is 3.39. The fourth-order valence-electron chi connectivity index (χ4n) is 4.56. The Morgan fingerprint density at radius 1 is 1.07 bits per heavy atom. The Labute approximate surface area is 168 Å². The van der Waals surface area contributed by atoms with Crippen LogP contribution in [0.15, 0.2) is 48.8 Å². The molecule has 5 rings (SSSR count). The first-order valence-corrected chi connectivity index (χ1v) is 10.2. The second-order valence-corrected chi connectivity index (χ2v) is 7.65. The smallest absolute Gasteiger partial charge is 0.137 e. The van der Waals surface area contributed by atoms with Gasteiger partial charge in [-0.2, -0.15) is 0 Å². The van der Waals surface area contributed by atoms with Crippen LogP contribution in [0.2, 0.25) is 0 Å². The zero-order valence-corrected chi connectivity index (χ0v) is 16.1. The summed E-state index contributed by atoms with van der Waals surface area (Å²) in [6.45, 7) is -0.133. The predicted molar refractivity (Wildman–Crippen MR) is 111 cm³/mol. The maximum absolute atomic E-state index is 13.6. The van der Waals surface area contributed by atoms with Gasteiger partial charge >= 0.3 is 0 Å². The number of H-pyrrole nitrogens is 1. The summed E-state index contributed by atoms with van der Waals surface area (Å²) in [5.74, 6) is 0.382. The summed E-state index contributed by atoms with van der Waals surface area (Å²) in [7, 11) is 0. The molecule has 0 bridgehead atoms. The Morgan fingerprint density at radius 2 is 1.86 bits per heavy atom. The van der Waals surface area contributed by atoms with Crippen LogP contribution in [0.4, 0.5) is 4.39 Å². The summed E-state index contributed by atoms with van der Waals surface area (Å²) in [5.41, 5.74) is 4.42. The van der Waals surface area contributed by atoms with E-state index >= 15 is 0 Å². The number of hydrogen-bond acceptors (Lipinski definition) is 3. The second-order valence-electron chi connectivity index (χ2n) is 7.65. The van der Waals surface area contributed by atoms with E-state index in [4.69, 9.17) is 4.98 Å². The van der Waals surface area contributed by atoms with Crippen molar-refractivity contribution in [1.82, 2.24) is 19.5 Å². The number of aromatic amines is 1. The minimum atomic E-state index is -0.277. The van der Waals surface area contributed by atoms with Crippen LogP contribution in [-0.2, 0) is 6.61 Å². The van der Waals surface area contributed by atoms with Gasteiger partial charge in [0.1, 0.15) is 23.9 Å². The molecule has 0 amide bonds. The molecule has 1 saturated carbocycles. The van der Waals surface area contributed by atoms with Crippen LogP contribution >= 0.6 is 0 Å². The normalized spacial score (nSPS) is 15.2. The van der Waals surface area contributed by atoms with E-state index < -0.39 is 0 Å². The van der Waals surface area contributed by atoms with Crippen LogP contribution in [0.5, 0.6) is 0 Å². The standard InChI is InChI=1S/C23H23FN4O/c24-16-8-6-15(7-9-16)21-22(18-10-12-25-23-19(18)11-13-26-23)28(20(14-29)27-21)17-4-2-1-3-5-17/h6-13,17,29H,1-5,14H2,(H,25,26). The van der Waals surface area contributed by atoms with E-state index in [0.29, 0.717) is 11.9 Å². The van der Waals surface area contributed by atoms with Crippen molar-refractivity contribution in [3.05, 3.63) is 60.4 Å². The lowest BCUT2D eigenvalue weighted by molar-refractivity contribution is 0.252. The average molecular weight is 390 g/mol. The third kappa shape index (κ3) is 3.13. The predicted octanol–water partition coefficient (Wildman–Crippen LogP) is 5.23. The van der Waals surface area contributed by atoms with Crippen molar-refractivity contribution >= 4 is 11.0 Å². The van der Waals surface area contributed by atoms with Crippen molar-refractivity contribution < 1.29 is 9.50 Å². The number of nitrogens with zero attached hydrogens (tertiary/aromatic N) is 3. The number of aliphatic hydroxyl groups is 1. The summed E-state index contributed by atoms with van der Waals surface area (Å²) >= 11 is 0.